The maximum atomic E-state index is 12.0. The monoisotopic (exact) mass is 282 g/mol. The van der Waals surface area contributed by atoms with Crippen LogP contribution in [0.15, 0.2) is 23.4 Å². The molecule has 0 aliphatic carbocycles. The van der Waals surface area contributed by atoms with Crippen LogP contribution >= 0.6 is 11.8 Å². The zero-order valence-electron chi connectivity index (χ0n) is 11.9. The molecule has 4 nitrogen and oxygen atoms in total. The lowest BCUT2D eigenvalue weighted by molar-refractivity contribution is 0.0942. The molecule has 1 heterocycles. The highest BCUT2D eigenvalue weighted by Gasteiger charge is 2.15. The predicted molar refractivity (Wildman–Crippen MR) is 78.4 cm³/mol. The van der Waals surface area contributed by atoms with Crippen LogP contribution in [0.1, 0.15) is 38.1 Å². The van der Waals surface area contributed by atoms with Gasteiger partial charge in [-0.25, -0.2) is 4.98 Å². The summed E-state index contributed by atoms with van der Waals surface area (Å²) in [6, 6.07) is 3.50. The largest absolute Gasteiger partial charge is 0.396 e. The van der Waals surface area contributed by atoms with Crippen molar-refractivity contribution >= 4 is 17.7 Å². The van der Waals surface area contributed by atoms with Crippen molar-refractivity contribution in [3.63, 3.8) is 0 Å². The van der Waals surface area contributed by atoms with Gasteiger partial charge in [-0.1, -0.05) is 27.7 Å². The molecule has 1 aromatic heterocycles. The van der Waals surface area contributed by atoms with Gasteiger partial charge in [-0.3, -0.25) is 4.79 Å². The maximum absolute atomic E-state index is 12.0. The summed E-state index contributed by atoms with van der Waals surface area (Å²) in [5, 5.41) is 12.6. The minimum Gasteiger partial charge on any atom is -0.396 e. The smallest absolute Gasteiger partial charge is 0.251 e. The zero-order chi connectivity index (χ0) is 14.5. The van der Waals surface area contributed by atoms with Gasteiger partial charge in [0.1, 0.15) is 0 Å². The first-order chi connectivity index (χ1) is 8.81. The third-order valence-corrected chi connectivity index (χ3v) is 3.38. The molecule has 1 amide bonds. The van der Waals surface area contributed by atoms with Gasteiger partial charge in [0.05, 0.1) is 5.03 Å². The fourth-order valence-electron chi connectivity index (χ4n) is 1.35. The summed E-state index contributed by atoms with van der Waals surface area (Å²) in [6.45, 7) is 8.74. The minimum atomic E-state index is -0.126. The van der Waals surface area contributed by atoms with E-state index in [2.05, 4.69) is 31.1 Å². The lowest BCUT2D eigenvalue weighted by Crippen LogP contribution is -2.29. The number of hydrogen-bond acceptors (Lipinski definition) is 4. The van der Waals surface area contributed by atoms with E-state index in [1.54, 1.807) is 30.1 Å². The van der Waals surface area contributed by atoms with Gasteiger partial charge in [-0.2, -0.15) is 0 Å². The second kappa shape index (κ2) is 6.91. The third kappa shape index (κ3) is 6.07. The van der Waals surface area contributed by atoms with Crippen LogP contribution in [-0.2, 0) is 0 Å². The van der Waals surface area contributed by atoms with Gasteiger partial charge in [-0.05, 0) is 18.1 Å². The third-order valence-electron chi connectivity index (χ3n) is 2.33. The number of carbonyl (C=O) groups excluding carboxylic acids is 1. The highest BCUT2D eigenvalue weighted by Crippen LogP contribution is 2.30. The first-order valence-electron chi connectivity index (χ1n) is 6.36. The van der Waals surface area contributed by atoms with E-state index in [9.17, 15) is 4.79 Å². The Morgan fingerprint density at radius 2 is 2.21 bits per heavy atom. The molecule has 0 saturated carbocycles. The topological polar surface area (TPSA) is 62.2 Å². The van der Waals surface area contributed by atoms with Crippen LogP contribution in [0.2, 0.25) is 0 Å². The molecule has 0 radical (unpaired) electrons. The molecule has 0 aliphatic rings. The Labute approximate surface area is 119 Å². The Morgan fingerprint density at radius 3 is 2.79 bits per heavy atom. The summed E-state index contributed by atoms with van der Waals surface area (Å²) in [6.07, 6.45) is 1.65. The normalized spacial score (nSPS) is 13.1. The van der Waals surface area contributed by atoms with Crippen molar-refractivity contribution in [1.82, 2.24) is 10.3 Å². The highest BCUT2D eigenvalue weighted by atomic mass is 32.2. The van der Waals surface area contributed by atoms with E-state index >= 15 is 0 Å². The summed E-state index contributed by atoms with van der Waals surface area (Å²) in [5.41, 5.74) is 0.604. The lowest BCUT2D eigenvalue weighted by Gasteiger charge is -2.17. The molecule has 1 unspecified atom stereocenters. The van der Waals surface area contributed by atoms with E-state index in [-0.39, 0.29) is 23.2 Å². The Bertz CT molecular complexity index is 430. The summed E-state index contributed by atoms with van der Waals surface area (Å²) < 4.78 is 0.0630. The fraction of sp³-hybridized carbons (Fsp3) is 0.571. The molecule has 19 heavy (non-hydrogen) atoms. The van der Waals surface area contributed by atoms with E-state index in [1.807, 2.05) is 6.92 Å². The van der Waals surface area contributed by atoms with E-state index < -0.39 is 0 Å². The standard InChI is InChI=1S/C14H22N2O2S/c1-10(9-17)8-16-13(18)11-5-6-15-12(7-11)19-14(2,3)4/h5-7,10,17H,8-9H2,1-4H3,(H,16,18). The van der Waals surface area contributed by atoms with Gasteiger partial charge >= 0.3 is 0 Å². The van der Waals surface area contributed by atoms with E-state index in [0.717, 1.165) is 5.03 Å². The van der Waals surface area contributed by atoms with Crippen molar-refractivity contribution in [2.24, 2.45) is 5.92 Å². The SMILES string of the molecule is CC(CO)CNC(=O)c1ccnc(SC(C)(C)C)c1. The van der Waals surface area contributed by atoms with Crippen LogP contribution in [0.3, 0.4) is 0 Å². The molecule has 1 atom stereocenters. The van der Waals surface area contributed by atoms with Crippen molar-refractivity contribution in [2.75, 3.05) is 13.2 Å². The van der Waals surface area contributed by atoms with Gasteiger partial charge in [0.2, 0.25) is 0 Å². The van der Waals surface area contributed by atoms with Gasteiger partial charge in [-0.15, -0.1) is 11.8 Å². The molecule has 1 rings (SSSR count). The van der Waals surface area contributed by atoms with Crippen molar-refractivity contribution in [3.8, 4) is 0 Å². The number of hydrogen-bond donors (Lipinski definition) is 2. The summed E-state index contributed by atoms with van der Waals surface area (Å²) in [4.78, 5) is 16.2. The number of aliphatic hydroxyl groups excluding tert-OH is 1. The van der Waals surface area contributed by atoms with Gasteiger partial charge in [0, 0.05) is 29.7 Å². The molecular weight excluding hydrogens is 260 g/mol. The van der Waals surface area contributed by atoms with E-state index in [1.165, 1.54) is 0 Å². The second-order valence-corrected chi connectivity index (χ2v) is 7.44. The number of nitrogens with zero attached hydrogens (tertiary/aromatic N) is 1. The number of carbonyl (C=O) groups is 1. The molecule has 0 bridgehead atoms. The fourth-order valence-corrected chi connectivity index (χ4v) is 2.28. The number of aromatic nitrogens is 1. The number of amides is 1. The Kier molecular flexibility index (Phi) is 5.82. The summed E-state index contributed by atoms with van der Waals surface area (Å²) >= 11 is 1.63. The average molecular weight is 282 g/mol. The lowest BCUT2D eigenvalue weighted by atomic mass is 10.2. The quantitative estimate of drug-likeness (QED) is 0.814. The Hall–Kier alpha value is -1.07. The molecule has 0 fully saturated rings. The second-order valence-electron chi connectivity index (χ2n) is 5.59. The van der Waals surface area contributed by atoms with Crippen molar-refractivity contribution < 1.29 is 9.90 Å². The predicted octanol–water partition coefficient (Wildman–Crippen LogP) is 2.33. The molecule has 0 aromatic carbocycles. The first-order valence-corrected chi connectivity index (χ1v) is 7.17. The molecule has 2 N–H and O–H groups in total. The van der Waals surface area contributed by atoms with Crippen LogP contribution < -0.4 is 5.32 Å². The number of aliphatic hydroxyl groups is 1. The molecular formula is C14H22N2O2S. The number of thioether (sulfide) groups is 1. The molecule has 0 aliphatic heterocycles. The van der Waals surface area contributed by atoms with Crippen LogP contribution in [0.5, 0.6) is 0 Å². The summed E-state index contributed by atoms with van der Waals surface area (Å²) in [7, 11) is 0. The Balaban J connectivity index is 2.68. The molecule has 0 spiro atoms. The van der Waals surface area contributed by atoms with Crippen LogP contribution in [0.25, 0.3) is 0 Å². The van der Waals surface area contributed by atoms with E-state index in [0.29, 0.717) is 12.1 Å². The minimum absolute atomic E-state index is 0.0630. The van der Waals surface area contributed by atoms with Crippen LogP contribution in [0, 0.1) is 5.92 Å². The van der Waals surface area contributed by atoms with Gasteiger partial charge < -0.3 is 10.4 Å². The number of pyridine rings is 1. The summed E-state index contributed by atoms with van der Waals surface area (Å²) in [5.74, 6) is -0.0623. The maximum Gasteiger partial charge on any atom is 0.251 e. The molecule has 5 heteroatoms. The average Bonchev–Trinajstić information content (AvgIpc) is 2.33. The van der Waals surface area contributed by atoms with E-state index in [4.69, 9.17) is 5.11 Å². The van der Waals surface area contributed by atoms with Crippen molar-refractivity contribution in [2.45, 2.75) is 37.5 Å². The van der Waals surface area contributed by atoms with Crippen molar-refractivity contribution in [3.05, 3.63) is 23.9 Å². The Morgan fingerprint density at radius 1 is 1.53 bits per heavy atom. The van der Waals surface area contributed by atoms with Gasteiger partial charge in [0.25, 0.3) is 5.91 Å². The highest BCUT2D eigenvalue weighted by molar-refractivity contribution is 8.00. The number of rotatable bonds is 5. The number of nitrogens with one attached hydrogen (secondary N) is 1. The van der Waals surface area contributed by atoms with Crippen LogP contribution in [0.4, 0.5) is 0 Å². The molecule has 0 saturated heterocycles. The first kappa shape index (κ1) is 16.0. The van der Waals surface area contributed by atoms with Crippen LogP contribution in [-0.4, -0.2) is 33.9 Å². The zero-order valence-corrected chi connectivity index (χ0v) is 12.8. The van der Waals surface area contributed by atoms with Crippen molar-refractivity contribution in [1.29, 1.82) is 0 Å². The molecule has 1 aromatic rings. The van der Waals surface area contributed by atoms with Gasteiger partial charge in [0.15, 0.2) is 0 Å². The molecule has 106 valence electrons.